The van der Waals surface area contributed by atoms with Gasteiger partial charge in [0.2, 0.25) is 0 Å². The summed E-state index contributed by atoms with van der Waals surface area (Å²) < 4.78 is 21.8. The van der Waals surface area contributed by atoms with Gasteiger partial charge in [-0.15, -0.1) is 0 Å². The van der Waals surface area contributed by atoms with Gasteiger partial charge in [0.15, 0.2) is 11.5 Å². The maximum Gasteiger partial charge on any atom is 0.337 e. The molecule has 4 rings (SSSR count). The van der Waals surface area contributed by atoms with Crippen molar-refractivity contribution in [3.63, 3.8) is 0 Å². The number of carbonyl (C=O) groups excluding carboxylic acids is 1. The molecule has 2 aromatic rings. The van der Waals surface area contributed by atoms with Gasteiger partial charge in [0.1, 0.15) is 12.4 Å². The number of cyclic esters (lactones) is 1. The average Bonchev–Trinajstić information content (AvgIpc) is 3.14. The number of fused-ring (bicyclic) bond motifs is 1. The molecule has 2 aromatic carbocycles. The highest BCUT2D eigenvalue weighted by Crippen LogP contribution is 2.50. The standard InChI is InChI=1S/C22H23NO6/c1-26-14-6-4-5-13(9-14)20-15-10-18(27-2)19(28-3)11-16(15)23(7-8-24)17-12-29-22(25)21(17)20/h4-6,9-11,20,24H,7-8,12H2,1-3H3. The molecule has 0 saturated carbocycles. The van der Waals surface area contributed by atoms with Crippen LogP contribution in [0.1, 0.15) is 17.0 Å². The number of methoxy groups -OCH3 is 3. The number of rotatable bonds is 6. The van der Waals surface area contributed by atoms with Gasteiger partial charge < -0.3 is 29.0 Å². The van der Waals surface area contributed by atoms with E-state index in [4.69, 9.17) is 18.9 Å². The zero-order chi connectivity index (χ0) is 20.5. The van der Waals surface area contributed by atoms with E-state index in [0.717, 1.165) is 22.5 Å². The zero-order valence-electron chi connectivity index (χ0n) is 16.6. The van der Waals surface area contributed by atoms with Crippen LogP contribution in [0.25, 0.3) is 0 Å². The van der Waals surface area contributed by atoms with Crippen molar-refractivity contribution in [2.75, 3.05) is 46.0 Å². The Bertz CT molecular complexity index is 983. The third-order valence-corrected chi connectivity index (χ3v) is 5.37. The van der Waals surface area contributed by atoms with Crippen LogP contribution >= 0.6 is 0 Å². The minimum absolute atomic E-state index is 0.0669. The van der Waals surface area contributed by atoms with E-state index in [-0.39, 0.29) is 25.1 Å². The summed E-state index contributed by atoms with van der Waals surface area (Å²) in [5.74, 6) is 1.15. The molecule has 29 heavy (non-hydrogen) atoms. The van der Waals surface area contributed by atoms with Crippen LogP contribution in [0.15, 0.2) is 47.7 Å². The first-order valence-corrected chi connectivity index (χ1v) is 9.31. The Hall–Kier alpha value is -3.19. The van der Waals surface area contributed by atoms with Crippen molar-refractivity contribution in [2.45, 2.75) is 5.92 Å². The van der Waals surface area contributed by atoms with Gasteiger partial charge >= 0.3 is 5.97 Å². The third-order valence-electron chi connectivity index (χ3n) is 5.37. The van der Waals surface area contributed by atoms with Crippen molar-refractivity contribution in [2.24, 2.45) is 0 Å². The number of benzene rings is 2. The largest absolute Gasteiger partial charge is 0.497 e. The lowest BCUT2D eigenvalue weighted by molar-refractivity contribution is -0.136. The van der Waals surface area contributed by atoms with Crippen molar-refractivity contribution < 1.29 is 28.8 Å². The Kier molecular flexibility index (Phi) is 5.07. The van der Waals surface area contributed by atoms with Crippen molar-refractivity contribution in [3.8, 4) is 17.2 Å². The van der Waals surface area contributed by atoms with Gasteiger partial charge in [0, 0.05) is 24.2 Å². The van der Waals surface area contributed by atoms with Crippen LogP contribution in [0.3, 0.4) is 0 Å². The number of β-amino-alcohol motifs (C(OH)–C–C–N with tert-alkyl or cyclic N) is 1. The molecule has 0 aliphatic carbocycles. The number of ether oxygens (including phenoxy) is 4. The SMILES string of the molecule is COc1cccc(C2C3=C(COC3=O)N(CCO)c3cc(OC)c(OC)cc32)c1. The number of aliphatic hydroxyl groups excluding tert-OH is 1. The van der Waals surface area contributed by atoms with E-state index in [2.05, 4.69) is 0 Å². The van der Waals surface area contributed by atoms with Crippen LogP contribution in [-0.4, -0.2) is 52.2 Å². The molecule has 2 aliphatic rings. The van der Waals surface area contributed by atoms with Gasteiger partial charge in [-0.05, 0) is 29.3 Å². The molecule has 7 nitrogen and oxygen atoms in total. The maximum atomic E-state index is 12.7. The molecular weight excluding hydrogens is 374 g/mol. The lowest BCUT2D eigenvalue weighted by Gasteiger charge is -2.36. The Labute approximate surface area is 169 Å². The molecule has 0 radical (unpaired) electrons. The van der Waals surface area contributed by atoms with Crippen LogP contribution in [0.2, 0.25) is 0 Å². The third kappa shape index (κ3) is 3.07. The number of anilines is 1. The van der Waals surface area contributed by atoms with Gasteiger partial charge in [0.25, 0.3) is 0 Å². The molecule has 0 fully saturated rings. The second kappa shape index (κ2) is 7.67. The maximum absolute atomic E-state index is 12.7. The summed E-state index contributed by atoms with van der Waals surface area (Å²) in [5.41, 5.74) is 3.97. The first-order valence-electron chi connectivity index (χ1n) is 9.31. The summed E-state index contributed by atoms with van der Waals surface area (Å²) in [7, 11) is 4.77. The molecule has 7 heteroatoms. The number of carbonyl (C=O) groups is 1. The Morgan fingerprint density at radius 3 is 2.55 bits per heavy atom. The van der Waals surface area contributed by atoms with Gasteiger partial charge in [-0.25, -0.2) is 4.79 Å². The fraction of sp³-hybridized carbons (Fsp3) is 0.318. The minimum Gasteiger partial charge on any atom is -0.497 e. The van der Waals surface area contributed by atoms with Gasteiger partial charge in [-0.2, -0.15) is 0 Å². The van der Waals surface area contributed by atoms with Crippen LogP contribution in [0.4, 0.5) is 5.69 Å². The first-order chi connectivity index (χ1) is 14.1. The average molecular weight is 397 g/mol. The summed E-state index contributed by atoms with van der Waals surface area (Å²) in [6.07, 6.45) is 0. The smallest absolute Gasteiger partial charge is 0.337 e. The van der Waals surface area contributed by atoms with Crippen molar-refractivity contribution >= 4 is 11.7 Å². The Balaban J connectivity index is 1.99. The van der Waals surface area contributed by atoms with E-state index < -0.39 is 0 Å². The van der Waals surface area contributed by atoms with E-state index in [0.29, 0.717) is 29.4 Å². The summed E-state index contributed by atoms with van der Waals surface area (Å²) in [5, 5.41) is 9.65. The van der Waals surface area contributed by atoms with E-state index >= 15 is 0 Å². The quantitative estimate of drug-likeness (QED) is 0.751. The predicted molar refractivity (Wildman–Crippen MR) is 107 cm³/mol. The topological polar surface area (TPSA) is 77.5 Å². The molecule has 0 aromatic heterocycles. The van der Waals surface area contributed by atoms with Gasteiger partial charge in [0.05, 0.1) is 39.2 Å². The molecule has 0 spiro atoms. The molecule has 1 unspecified atom stereocenters. The van der Waals surface area contributed by atoms with Crippen LogP contribution in [0, 0.1) is 0 Å². The predicted octanol–water partition coefficient (Wildman–Crippen LogP) is 2.47. The molecule has 0 saturated heterocycles. The van der Waals surface area contributed by atoms with Gasteiger partial charge in [-0.3, -0.25) is 0 Å². The Morgan fingerprint density at radius 1 is 1.10 bits per heavy atom. The summed E-state index contributed by atoms with van der Waals surface area (Å²) in [6.45, 7) is 0.438. The monoisotopic (exact) mass is 397 g/mol. The van der Waals surface area contributed by atoms with Crippen molar-refractivity contribution in [3.05, 3.63) is 58.8 Å². The molecule has 0 bridgehead atoms. The highest BCUT2D eigenvalue weighted by atomic mass is 16.5. The van der Waals surface area contributed by atoms with E-state index in [9.17, 15) is 9.90 Å². The molecule has 1 N–H and O–H groups in total. The van der Waals surface area contributed by atoms with E-state index in [1.165, 1.54) is 0 Å². The van der Waals surface area contributed by atoms with Crippen LogP contribution in [-0.2, 0) is 9.53 Å². The molecule has 0 amide bonds. The highest BCUT2D eigenvalue weighted by molar-refractivity contribution is 5.97. The van der Waals surface area contributed by atoms with Crippen LogP contribution < -0.4 is 19.1 Å². The van der Waals surface area contributed by atoms with Gasteiger partial charge in [-0.1, -0.05) is 12.1 Å². The second-order valence-corrected chi connectivity index (χ2v) is 6.79. The number of hydrogen-bond donors (Lipinski definition) is 1. The molecule has 2 aliphatic heterocycles. The fourth-order valence-electron chi connectivity index (χ4n) is 4.09. The summed E-state index contributed by atoms with van der Waals surface area (Å²) >= 11 is 0. The highest BCUT2D eigenvalue weighted by Gasteiger charge is 2.42. The Morgan fingerprint density at radius 2 is 1.86 bits per heavy atom. The normalized spacial score (nSPS) is 17.6. The number of aliphatic hydroxyl groups is 1. The van der Waals surface area contributed by atoms with Crippen LogP contribution in [0.5, 0.6) is 17.2 Å². The number of esters is 1. The fourth-order valence-corrected chi connectivity index (χ4v) is 4.09. The molecule has 1 atom stereocenters. The lowest BCUT2D eigenvalue weighted by atomic mass is 9.80. The van der Waals surface area contributed by atoms with Crippen molar-refractivity contribution in [1.82, 2.24) is 0 Å². The second-order valence-electron chi connectivity index (χ2n) is 6.79. The molecule has 152 valence electrons. The molecule has 2 heterocycles. The summed E-state index contributed by atoms with van der Waals surface area (Å²) in [6, 6.07) is 11.4. The molecular formula is C22H23NO6. The number of nitrogens with zero attached hydrogens (tertiary/aromatic N) is 1. The number of hydrogen-bond acceptors (Lipinski definition) is 7. The lowest BCUT2D eigenvalue weighted by Crippen LogP contribution is -2.33. The van der Waals surface area contributed by atoms with E-state index in [1.54, 1.807) is 21.3 Å². The first kappa shape index (κ1) is 19.1. The van der Waals surface area contributed by atoms with Crippen molar-refractivity contribution in [1.29, 1.82) is 0 Å². The minimum atomic E-state index is -0.351. The summed E-state index contributed by atoms with van der Waals surface area (Å²) in [4.78, 5) is 14.7. The van der Waals surface area contributed by atoms with E-state index in [1.807, 2.05) is 41.3 Å². The zero-order valence-corrected chi connectivity index (χ0v) is 16.6.